The number of amides is 1. The molecule has 0 aliphatic heterocycles. The average Bonchev–Trinajstić information content (AvgIpc) is 3.26. The van der Waals surface area contributed by atoms with E-state index in [0.717, 1.165) is 18.2 Å². The number of carbonyl (C=O) groups is 1. The zero-order chi connectivity index (χ0) is 17.5. The van der Waals surface area contributed by atoms with E-state index >= 15 is 0 Å². The molecule has 0 spiro atoms. The Bertz CT molecular complexity index is 842. The van der Waals surface area contributed by atoms with E-state index in [1.54, 1.807) is 6.92 Å². The summed E-state index contributed by atoms with van der Waals surface area (Å²) in [5.41, 5.74) is -0.520. The topological polar surface area (TPSA) is 74.8 Å². The number of rotatable bonds is 4. The van der Waals surface area contributed by atoms with Crippen LogP contribution in [0.3, 0.4) is 0 Å². The van der Waals surface area contributed by atoms with Gasteiger partial charge in [-0.15, -0.1) is 11.7 Å². The van der Waals surface area contributed by atoms with E-state index in [0.29, 0.717) is 24.2 Å². The van der Waals surface area contributed by atoms with Crippen LogP contribution in [0.15, 0.2) is 40.0 Å². The van der Waals surface area contributed by atoms with Crippen LogP contribution in [0.1, 0.15) is 34.7 Å². The number of aromatic amines is 1. The maximum Gasteiger partial charge on any atom is 0.270 e. The normalized spacial score (nSPS) is 16.5. The molecule has 0 radical (unpaired) electrons. The first-order valence-electron chi connectivity index (χ1n) is 7.13. The number of nitrogens with one attached hydrogen (secondary N) is 2. The van der Waals surface area contributed by atoms with E-state index in [1.165, 1.54) is 12.1 Å². The molecular formula is C15H14F3N3O2S. The Morgan fingerprint density at radius 3 is 2.38 bits per heavy atom. The van der Waals surface area contributed by atoms with Crippen LogP contribution in [0.5, 0.6) is 0 Å². The number of aromatic nitrogens is 2. The highest BCUT2D eigenvalue weighted by atomic mass is 32.3. The van der Waals surface area contributed by atoms with Crippen LogP contribution in [0, 0.1) is 6.92 Å². The molecule has 1 heterocycles. The van der Waals surface area contributed by atoms with Crippen molar-refractivity contribution in [2.24, 2.45) is 0 Å². The molecule has 0 saturated heterocycles. The first-order chi connectivity index (χ1) is 11.2. The molecule has 2 N–H and O–H groups in total. The molecule has 0 atom stereocenters. The molecule has 1 saturated carbocycles. The average molecular weight is 357 g/mol. The molecule has 0 bridgehead atoms. The second-order valence-corrected chi connectivity index (χ2v) is 6.97. The van der Waals surface area contributed by atoms with E-state index in [-0.39, 0.29) is 5.69 Å². The molecular weight excluding hydrogens is 343 g/mol. The van der Waals surface area contributed by atoms with Crippen LogP contribution in [-0.4, -0.2) is 15.9 Å². The predicted octanol–water partition coefficient (Wildman–Crippen LogP) is 3.31. The second-order valence-electron chi connectivity index (χ2n) is 5.68. The smallest absolute Gasteiger partial charge is 0.270 e. The molecule has 24 heavy (non-hydrogen) atoms. The lowest BCUT2D eigenvalue weighted by molar-refractivity contribution is 0.0925. The molecule has 1 amide bonds. The monoisotopic (exact) mass is 357 g/mol. The fourth-order valence-electron chi connectivity index (χ4n) is 2.52. The van der Waals surface area contributed by atoms with Gasteiger partial charge in [0.15, 0.2) is 0 Å². The summed E-state index contributed by atoms with van der Waals surface area (Å²) in [4.78, 5) is 29.5. The van der Waals surface area contributed by atoms with Crippen molar-refractivity contribution in [3.63, 3.8) is 0 Å². The van der Waals surface area contributed by atoms with Gasteiger partial charge in [-0.3, -0.25) is 9.59 Å². The molecule has 5 nitrogen and oxygen atoms in total. The van der Waals surface area contributed by atoms with Crippen molar-refractivity contribution < 1.29 is 16.5 Å². The summed E-state index contributed by atoms with van der Waals surface area (Å²) in [6, 6.07) is 5.94. The lowest BCUT2D eigenvalue weighted by Crippen LogP contribution is -2.36. The van der Waals surface area contributed by atoms with Crippen LogP contribution in [0.2, 0.25) is 0 Å². The molecule has 1 aliphatic carbocycles. The third kappa shape index (κ3) is 3.30. The fraction of sp³-hybridized carbons (Fsp3) is 0.267. The van der Waals surface area contributed by atoms with Gasteiger partial charge >= 0.3 is 0 Å². The van der Waals surface area contributed by atoms with Gasteiger partial charge in [0.1, 0.15) is 11.5 Å². The fourth-order valence-corrected chi connectivity index (χ4v) is 2.96. The van der Waals surface area contributed by atoms with Gasteiger partial charge in [0.2, 0.25) is 11.2 Å². The molecule has 3 rings (SSSR count). The number of H-pyrrole nitrogens is 1. The third-order valence-corrected chi connectivity index (χ3v) is 4.68. The number of halogens is 3. The predicted molar refractivity (Wildman–Crippen MR) is 83.6 cm³/mol. The maximum atomic E-state index is 12.7. The van der Waals surface area contributed by atoms with Crippen molar-refractivity contribution in [3.05, 3.63) is 57.8 Å². The summed E-state index contributed by atoms with van der Waals surface area (Å²) in [6.07, 6.45) is 1.25. The van der Waals surface area contributed by atoms with E-state index in [4.69, 9.17) is 0 Å². The quantitative estimate of drug-likeness (QED) is 0.881. The highest BCUT2D eigenvalue weighted by Crippen LogP contribution is 2.60. The largest absolute Gasteiger partial charge is 0.341 e. The van der Waals surface area contributed by atoms with Crippen LogP contribution in [-0.2, 0) is 5.54 Å². The van der Waals surface area contributed by atoms with E-state index < -0.39 is 33.1 Å². The first kappa shape index (κ1) is 16.6. The van der Waals surface area contributed by atoms with E-state index in [1.807, 2.05) is 0 Å². The molecule has 0 unspecified atom stereocenters. The Morgan fingerprint density at radius 2 is 1.88 bits per heavy atom. The van der Waals surface area contributed by atoms with E-state index in [9.17, 15) is 21.2 Å². The van der Waals surface area contributed by atoms with Crippen molar-refractivity contribution in [1.82, 2.24) is 15.3 Å². The van der Waals surface area contributed by atoms with Gasteiger partial charge in [0, 0.05) is 6.07 Å². The summed E-state index contributed by atoms with van der Waals surface area (Å²) < 4.78 is 38.1. The van der Waals surface area contributed by atoms with E-state index in [2.05, 4.69) is 15.3 Å². The van der Waals surface area contributed by atoms with Gasteiger partial charge in [0.25, 0.3) is 11.5 Å². The third-order valence-electron chi connectivity index (χ3n) is 3.87. The minimum absolute atomic E-state index is 0.0149. The minimum Gasteiger partial charge on any atom is -0.341 e. The van der Waals surface area contributed by atoms with Gasteiger partial charge in [-0.25, -0.2) is 4.98 Å². The Kier molecular flexibility index (Phi) is 3.90. The molecule has 9 heteroatoms. The molecule has 1 aromatic carbocycles. The van der Waals surface area contributed by atoms with Crippen molar-refractivity contribution in [1.29, 1.82) is 0 Å². The Balaban J connectivity index is 1.81. The molecule has 128 valence electrons. The number of nitrogens with zero attached hydrogens (tertiary/aromatic N) is 1. The van der Waals surface area contributed by atoms with Crippen molar-refractivity contribution in [2.45, 2.75) is 30.2 Å². The SMILES string of the molecule is Cc1nc(C(=O)NC2(c3ccc(S(F)(F)F)cc3)CC2)cc(=O)[nH]1. The zero-order valence-electron chi connectivity index (χ0n) is 12.6. The Morgan fingerprint density at radius 1 is 1.25 bits per heavy atom. The summed E-state index contributed by atoms with van der Waals surface area (Å²) in [6.45, 7) is 1.56. The molecule has 1 aliphatic rings. The van der Waals surface area contributed by atoms with Gasteiger partial charge in [-0.2, -0.15) is 0 Å². The van der Waals surface area contributed by atoms with Crippen LogP contribution >= 0.6 is 11.2 Å². The van der Waals surface area contributed by atoms with Crippen molar-refractivity contribution in [3.8, 4) is 0 Å². The van der Waals surface area contributed by atoms with Crippen LogP contribution in [0.25, 0.3) is 0 Å². The number of carbonyl (C=O) groups excluding carboxylic acids is 1. The van der Waals surface area contributed by atoms with Gasteiger partial charge in [0.05, 0.1) is 10.4 Å². The summed E-state index contributed by atoms with van der Waals surface area (Å²) in [5, 5.41) is 2.78. The molecule has 1 fully saturated rings. The second kappa shape index (κ2) is 5.66. The summed E-state index contributed by atoms with van der Waals surface area (Å²) in [7, 11) is 0. The lowest BCUT2D eigenvalue weighted by Gasteiger charge is -2.19. The number of hydrogen-bond acceptors (Lipinski definition) is 3. The number of benzene rings is 1. The standard InChI is InChI=1S/C15H14F3N3O2S/c1-9-19-12(8-13(22)20-9)14(23)21-15(6-7-15)10-2-4-11(5-3-10)24(16,17)18/h2-5,8H,6-7H2,1H3,(H,21,23)(H,19,20,22). The Labute approximate surface area is 137 Å². The highest BCUT2D eigenvalue weighted by Gasteiger charge is 2.46. The van der Waals surface area contributed by atoms with Crippen molar-refractivity contribution in [2.75, 3.05) is 0 Å². The number of aryl methyl sites for hydroxylation is 1. The van der Waals surface area contributed by atoms with Crippen LogP contribution < -0.4 is 10.9 Å². The molecule has 2 aromatic rings. The van der Waals surface area contributed by atoms with Gasteiger partial charge < -0.3 is 10.3 Å². The lowest BCUT2D eigenvalue weighted by atomic mass is 10.0. The molecule has 1 aromatic heterocycles. The van der Waals surface area contributed by atoms with Crippen molar-refractivity contribution >= 4 is 17.1 Å². The zero-order valence-corrected chi connectivity index (χ0v) is 13.4. The Hall–Kier alpha value is -2.29. The van der Waals surface area contributed by atoms with Crippen LogP contribution in [0.4, 0.5) is 11.7 Å². The van der Waals surface area contributed by atoms with Gasteiger partial charge in [-0.1, -0.05) is 12.1 Å². The first-order valence-corrected chi connectivity index (χ1v) is 8.46. The minimum atomic E-state index is -5.26. The highest BCUT2D eigenvalue weighted by molar-refractivity contribution is 8.20. The van der Waals surface area contributed by atoms with Gasteiger partial charge in [-0.05, 0) is 37.5 Å². The maximum absolute atomic E-state index is 12.7. The summed E-state index contributed by atoms with van der Waals surface area (Å²) >= 11 is -5.26. The number of hydrogen-bond donors (Lipinski definition) is 2. The summed E-state index contributed by atoms with van der Waals surface area (Å²) in [5.74, 6) is -0.206.